The highest BCUT2D eigenvalue weighted by atomic mass is 32.2. The Kier molecular flexibility index (Phi) is 7.11. The fourth-order valence-corrected chi connectivity index (χ4v) is 5.84. The summed E-state index contributed by atoms with van der Waals surface area (Å²) in [6.07, 6.45) is 1.61. The van der Waals surface area contributed by atoms with Crippen molar-refractivity contribution < 1.29 is 27.1 Å². The van der Waals surface area contributed by atoms with Gasteiger partial charge in [-0.2, -0.15) is 8.42 Å². The maximum Gasteiger partial charge on any atom is 0.346 e. The number of methoxy groups -OCH3 is 1. The van der Waals surface area contributed by atoms with E-state index < -0.39 is 25.6 Å². The van der Waals surface area contributed by atoms with Crippen LogP contribution in [0.4, 0.5) is 11.4 Å². The highest BCUT2D eigenvalue weighted by Gasteiger charge is 2.33. The van der Waals surface area contributed by atoms with Gasteiger partial charge in [0.05, 0.1) is 22.6 Å². The van der Waals surface area contributed by atoms with Crippen molar-refractivity contribution in [1.82, 2.24) is 0 Å². The lowest BCUT2D eigenvalue weighted by atomic mass is 10.1. The number of nitro benzene ring substituents is 1. The second kappa shape index (κ2) is 10.1. The number of carbonyl (C=O) groups is 1. The molecule has 0 saturated carbocycles. The SMILES string of the molecule is COc1cc(/C=C2/SC(=S)N(c3cccc(C)c3)C2=O)ccc1OS(=O)(=O)c1ccccc1[N+](=O)[O-]. The Labute approximate surface area is 216 Å². The van der Waals surface area contributed by atoms with Crippen LogP contribution in [0.5, 0.6) is 11.5 Å². The van der Waals surface area contributed by atoms with E-state index in [0.717, 1.165) is 29.5 Å². The van der Waals surface area contributed by atoms with Crippen LogP contribution in [0.25, 0.3) is 6.08 Å². The molecule has 0 spiro atoms. The molecular weight excluding hydrogens is 524 g/mol. The number of anilines is 1. The minimum Gasteiger partial charge on any atom is -0.493 e. The minimum atomic E-state index is -4.53. The van der Waals surface area contributed by atoms with Gasteiger partial charge in [0.15, 0.2) is 20.7 Å². The zero-order valence-electron chi connectivity index (χ0n) is 18.9. The number of thioether (sulfide) groups is 1. The molecule has 0 N–H and O–H groups in total. The van der Waals surface area contributed by atoms with E-state index in [1.807, 2.05) is 25.1 Å². The average molecular weight is 543 g/mol. The lowest BCUT2D eigenvalue weighted by Crippen LogP contribution is -2.27. The molecule has 1 aliphatic heterocycles. The molecular formula is C24H18N2O7S3. The number of nitrogens with zero attached hydrogens (tertiary/aromatic N) is 2. The van der Waals surface area contributed by atoms with E-state index in [1.165, 1.54) is 42.3 Å². The molecule has 0 atom stereocenters. The maximum absolute atomic E-state index is 13.0. The van der Waals surface area contributed by atoms with Crippen molar-refractivity contribution >= 4 is 61.8 Å². The summed E-state index contributed by atoms with van der Waals surface area (Å²) >= 11 is 6.55. The molecule has 0 bridgehead atoms. The Bertz CT molecular complexity index is 1530. The van der Waals surface area contributed by atoms with Gasteiger partial charge in [-0.15, -0.1) is 0 Å². The van der Waals surface area contributed by atoms with Crippen LogP contribution in [0.15, 0.2) is 76.5 Å². The Morgan fingerprint density at radius 2 is 1.81 bits per heavy atom. The fourth-order valence-electron chi connectivity index (χ4n) is 3.43. The van der Waals surface area contributed by atoms with Crippen molar-refractivity contribution in [3.8, 4) is 11.5 Å². The van der Waals surface area contributed by atoms with Crippen LogP contribution in [0, 0.1) is 17.0 Å². The molecule has 0 aliphatic carbocycles. The van der Waals surface area contributed by atoms with Crippen molar-refractivity contribution in [2.75, 3.05) is 12.0 Å². The largest absolute Gasteiger partial charge is 0.493 e. The molecule has 12 heteroatoms. The van der Waals surface area contributed by atoms with Crippen molar-refractivity contribution in [2.45, 2.75) is 11.8 Å². The first-order chi connectivity index (χ1) is 17.1. The van der Waals surface area contributed by atoms with E-state index in [9.17, 15) is 23.3 Å². The summed E-state index contributed by atoms with van der Waals surface area (Å²) in [7, 11) is -3.21. The first-order valence-electron chi connectivity index (χ1n) is 10.3. The second-order valence-corrected chi connectivity index (χ2v) is 10.7. The van der Waals surface area contributed by atoms with Crippen LogP contribution in [-0.4, -0.2) is 30.7 Å². The second-order valence-electron chi connectivity index (χ2n) is 7.53. The Morgan fingerprint density at radius 3 is 2.50 bits per heavy atom. The molecule has 9 nitrogen and oxygen atoms in total. The molecule has 1 amide bonds. The monoisotopic (exact) mass is 542 g/mol. The van der Waals surface area contributed by atoms with Crippen LogP contribution in [0.2, 0.25) is 0 Å². The van der Waals surface area contributed by atoms with E-state index in [0.29, 0.717) is 20.5 Å². The number of ether oxygens (including phenoxy) is 1. The lowest BCUT2D eigenvalue weighted by molar-refractivity contribution is -0.387. The summed E-state index contributed by atoms with van der Waals surface area (Å²) in [5, 5.41) is 11.2. The van der Waals surface area contributed by atoms with Gasteiger partial charge >= 0.3 is 10.1 Å². The first kappa shape index (κ1) is 25.4. The number of amides is 1. The summed E-state index contributed by atoms with van der Waals surface area (Å²) in [5.74, 6) is -0.394. The van der Waals surface area contributed by atoms with Crippen LogP contribution in [0.1, 0.15) is 11.1 Å². The highest BCUT2D eigenvalue weighted by Crippen LogP contribution is 2.38. The van der Waals surface area contributed by atoms with E-state index in [2.05, 4.69) is 0 Å². The van der Waals surface area contributed by atoms with Crippen LogP contribution >= 0.6 is 24.0 Å². The molecule has 1 fully saturated rings. The van der Waals surface area contributed by atoms with Crippen LogP contribution in [0.3, 0.4) is 0 Å². The number of thiocarbonyl (C=S) groups is 1. The fraction of sp³-hybridized carbons (Fsp3) is 0.0833. The number of hydrogen-bond acceptors (Lipinski definition) is 9. The minimum absolute atomic E-state index is 0.0556. The Hall–Kier alpha value is -3.74. The highest BCUT2D eigenvalue weighted by molar-refractivity contribution is 8.27. The number of aryl methyl sites for hydroxylation is 1. The smallest absolute Gasteiger partial charge is 0.346 e. The van der Waals surface area contributed by atoms with E-state index >= 15 is 0 Å². The van der Waals surface area contributed by atoms with Crippen molar-refractivity contribution in [3.05, 3.63) is 92.9 Å². The maximum atomic E-state index is 13.0. The van der Waals surface area contributed by atoms with Gasteiger partial charge in [0.25, 0.3) is 11.6 Å². The van der Waals surface area contributed by atoms with Gasteiger partial charge < -0.3 is 8.92 Å². The Morgan fingerprint density at radius 1 is 1.06 bits per heavy atom. The predicted molar refractivity (Wildman–Crippen MR) is 141 cm³/mol. The molecule has 36 heavy (non-hydrogen) atoms. The molecule has 3 aromatic rings. The topological polar surface area (TPSA) is 116 Å². The standard InChI is InChI=1S/C24H18N2O7S3/c1-15-6-5-7-17(12-15)25-23(27)21(35-24(25)34)14-16-10-11-19(20(13-16)32-2)33-36(30,31)22-9-4-3-8-18(22)26(28)29/h3-14H,1-2H3/b21-14+. The van der Waals surface area contributed by atoms with Crippen LogP contribution < -0.4 is 13.8 Å². The normalized spacial score (nSPS) is 14.8. The van der Waals surface area contributed by atoms with Gasteiger partial charge in [0.1, 0.15) is 0 Å². The quantitative estimate of drug-likeness (QED) is 0.132. The number of rotatable bonds is 7. The number of hydrogen-bond donors (Lipinski definition) is 0. The van der Waals surface area contributed by atoms with Gasteiger partial charge in [-0.25, -0.2) is 0 Å². The summed E-state index contributed by atoms with van der Waals surface area (Å²) in [6, 6.07) is 16.7. The molecule has 1 heterocycles. The summed E-state index contributed by atoms with van der Waals surface area (Å²) in [6.45, 7) is 1.92. The van der Waals surface area contributed by atoms with Crippen molar-refractivity contribution in [3.63, 3.8) is 0 Å². The summed E-state index contributed by atoms with van der Waals surface area (Å²) in [5.41, 5.74) is 1.58. The van der Waals surface area contributed by atoms with Crippen molar-refractivity contribution in [2.24, 2.45) is 0 Å². The molecule has 0 radical (unpaired) electrons. The van der Waals surface area contributed by atoms with E-state index in [-0.39, 0.29) is 17.4 Å². The van der Waals surface area contributed by atoms with Crippen molar-refractivity contribution in [1.29, 1.82) is 0 Å². The number of nitro groups is 1. The van der Waals surface area contributed by atoms with Crippen LogP contribution in [-0.2, 0) is 14.9 Å². The van der Waals surface area contributed by atoms with Gasteiger partial charge in [-0.05, 0) is 54.5 Å². The molecule has 1 aliphatic rings. The van der Waals surface area contributed by atoms with Gasteiger partial charge in [-0.3, -0.25) is 19.8 Å². The zero-order valence-corrected chi connectivity index (χ0v) is 21.4. The lowest BCUT2D eigenvalue weighted by Gasteiger charge is -2.14. The first-order valence-corrected chi connectivity index (χ1v) is 12.9. The molecule has 184 valence electrons. The average Bonchev–Trinajstić information content (AvgIpc) is 3.12. The Balaban J connectivity index is 1.62. The van der Waals surface area contributed by atoms with Gasteiger partial charge in [-0.1, -0.05) is 54.3 Å². The molecule has 0 unspecified atom stereocenters. The van der Waals surface area contributed by atoms with Gasteiger partial charge in [0, 0.05) is 6.07 Å². The number of carbonyl (C=O) groups excluding carboxylic acids is 1. The third kappa shape index (κ3) is 5.10. The predicted octanol–water partition coefficient (Wildman–Crippen LogP) is 5.09. The third-order valence-corrected chi connectivity index (χ3v) is 7.65. The molecule has 1 saturated heterocycles. The zero-order chi connectivity index (χ0) is 26.0. The van der Waals surface area contributed by atoms with E-state index in [1.54, 1.807) is 12.1 Å². The summed E-state index contributed by atoms with van der Waals surface area (Å²) < 4.78 is 36.4. The molecule has 3 aromatic carbocycles. The molecule has 4 rings (SSSR count). The van der Waals surface area contributed by atoms with Gasteiger partial charge in [0.2, 0.25) is 0 Å². The summed E-state index contributed by atoms with van der Waals surface area (Å²) in [4.78, 5) is 24.7. The number of benzene rings is 3. The number of para-hydroxylation sites is 1. The third-order valence-electron chi connectivity index (χ3n) is 5.07. The molecule has 0 aromatic heterocycles. The van der Waals surface area contributed by atoms with E-state index in [4.69, 9.17) is 21.1 Å².